The molecule has 5 heteroatoms. The first-order valence-corrected chi connectivity index (χ1v) is 6.56. The number of ether oxygens (including phenoxy) is 3. The van der Waals surface area contributed by atoms with E-state index in [1.165, 1.54) is 6.92 Å². The molecule has 18 heavy (non-hydrogen) atoms. The van der Waals surface area contributed by atoms with Gasteiger partial charge in [0.25, 0.3) is 0 Å². The Morgan fingerprint density at radius 1 is 1.33 bits per heavy atom. The Labute approximate surface area is 108 Å². The van der Waals surface area contributed by atoms with E-state index in [1.807, 2.05) is 6.92 Å². The van der Waals surface area contributed by atoms with Gasteiger partial charge < -0.3 is 19.3 Å². The van der Waals surface area contributed by atoms with E-state index < -0.39 is 12.4 Å². The number of rotatable bonds is 5. The summed E-state index contributed by atoms with van der Waals surface area (Å²) < 4.78 is 16.6. The van der Waals surface area contributed by atoms with Crippen LogP contribution >= 0.6 is 0 Å². The smallest absolute Gasteiger partial charge is 0.303 e. The minimum atomic E-state index is -0.586. The van der Waals surface area contributed by atoms with Crippen LogP contribution in [-0.2, 0) is 19.0 Å². The fourth-order valence-electron chi connectivity index (χ4n) is 2.38. The maximum Gasteiger partial charge on any atom is 0.303 e. The molecular formula is C13H24O5. The predicted octanol–water partition coefficient (Wildman–Crippen LogP) is 1.33. The van der Waals surface area contributed by atoms with Crippen LogP contribution < -0.4 is 0 Å². The third kappa shape index (κ3) is 3.67. The molecule has 1 fully saturated rings. The van der Waals surface area contributed by atoms with Crippen LogP contribution in [0.4, 0.5) is 0 Å². The molecule has 0 saturated carbocycles. The normalized spacial score (nSPS) is 36.4. The largest absolute Gasteiger partial charge is 0.457 e. The molecule has 0 amide bonds. The lowest BCUT2D eigenvalue weighted by atomic mass is 9.82. The topological polar surface area (TPSA) is 65.0 Å². The zero-order valence-corrected chi connectivity index (χ0v) is 11.6. The summed E-state index contributed by atoms with van der Waals surface area (Å²) in [6, 6.07) is 0. The summed E-state index contributed by atoms with van der Waals surface area (Å²) >= 11 is 0. The van der Waals surface area contributed by atoms with Gasteiger partial charge in [0, 0.05) is 12.8 Å². The van der Waals surface area contributed by atoms with E-state index in [0.717, 1.165) is 6.42 Å². The first kappa shape index (κ1) is 15.4. The zero-order valence-electron chi connectivity index (χ0n) is 11.6. The molecule has 0 radical (unpaired) electrons. The SMILES string of the molecule is CCC1O[C@@H](OCCO)C(OC(C)=O)[C@@H](C)[C@@H]1C. The lowest BCUT2D eigenvalue weighted by Gasteiger charge is -2.43. The second-order valence-electron chi connectivity index (χ2n) is 4.84. The highest BCUT2D eigenvalue weighted by atomic mass is 16.7. The Hall–Kier alpha value is -0.650. The molecule has 1 aliphatic rings. The van der Waals surface area contributed by atoms with Crippen molar-refractivity contribution in [3.05, 3.63) is 0 Å². The molecule has 5 atom stereocenters. The number of aliphatic hydroxyl groups is 1. The van der Waals surface area contributed by atoms with Crippen molar-refractivity contribution in [2.45, 2.75) is 52.6 Å². The Morgan fingerprint density at radius 2 is 2.00 bits per heavy atom. The summed E-state index contributed by atoms with van der Waals surface area (Å²) in [5, 5.41) is 8.82. The molecule has 0 aromatic rings. The monoisotopic (exact) mass is 260 g/mol. The molecule has 2 unspecified atom stereocenters. The van der Waals surface area contributed by atoms with Crippen LogP contribution in [0.1, 0.15) is 34.1 Å². The maximum atomic E-state index is 11.2. The van der Waals surface area contributed by atoms with Crippen molar-refractivity contribution in [3.8, 4) is 0 Å². The van der Waals surface area contributed by atoms with Crippen LogP contribution in [0.2, 0.25) is 0 Å². The molecule has 0 spiro atoms. The molecule has 1 aliphatic heterocycles. The quantitative estimate of drug-likeness (QED) is 0.756. The van der Waals surface area contributed by atoms with Crippen LogP contribution in [0.5, 0.6) is 0 Å². The van der Waals surface area contributed by atoms with Crippen molar-refractivity contribution >= 4 is 5.97 Å². The first-order chi connectivity index (χ1) is 8.51. The van der Waals surface area contributed by atoms with Gasteiger partial charge in [-0.1, -0.05) is 20.8 Å². The Balaban J connectivity index is 2.76. The van der Waals surface area contributed by atoms with Gasteiger partial charge in [0.2, 0.25) is 0 Å². The molecule has 1 saturated heterocycles. The molecular weight excluding hydrogens is 236 g/mol. The summed E-state index contributed by atoms with van der Waals surface area (Å²) in [5.41, 5.74) is 0. The highest BCUT2D eigenvalue weighted by Gasteiger charge is 2.43. The van der Waals surface area contributed by atoms with Gasteiger partial charge >= 0.3 is 5.97 Å². The first-order valence-electron chi connectivity index (χ1n) is 6.56. The number of carbonyl (C=O) groups is 1. The van der Waals surface area contributed by atoms with E-state index in [-0.39, 0.29) is 31.2 Å². The summed E-state index contributed by atoms with van der Waals surface area (Å²) in [5.74, 6) is 0.125. The summed E-state index contributed by atoms with van der Waals surface area (Å²) in [4.78, 5) is 11.2. The van der Waals surface area contributed by atoms with E-state index in [4.69, 9.17) is 19.3 Å². The van der Waals surface area contributed by atoms with Gasteiger partial charge in [-0.15, -0.1) is 0 Å². The zero-order chi connectivity index (χ0) is 13.7. The molecule has 1 rings (SSSR count). The van der Waals surface area contributed by atoms with Crippen molar-refractivity contribution in [3.63, 3.8) is 0 Å². The molecule has 106 valence electrons. The number of hydrogen-bond acceptors (Lipinski definition) is 5. The van der Waals surface area contributed by atoms with E-state index in [2.05, 4.69) is 13.8 Å². The molecule has 1 heterocycles. The van der Waals surface area contributed by atoms with E-state index in [1.54, 1.807) is 0 Å². The third-order valence-corrected chi connectivity index (χ3v) is 3.59. The van der Waals surface area contributed by atoms with Gasteiger partial charge in [-0.3, -0.25) is 4.79 Å². The van der Waals surface area contributed by atoms with Crippen molar-refractivity contribution in [2.24, 2.45) is 11.8 Å². The van der Waals surface area contributed by atoms with E-state index in [9.17, 15) is 4.79 Å². The molecule has 1 N–H and O–H groups in total. The Morgan fingerprint density at radius 3 is 2.50 bits per heavy atom. The Kier molecular flexibility index (Phi) is 6.05. The fraction of sp³-hybridized carbons (Fsp3) is 0.923. The molecule has 0 bridgehead atoms. The van der Waals surface area contributed by atoms with Crippen LogP contribution in [0.3, 0.4) is 0 Å². The van der Waals surface area contributed by atoms with Crippen molar-refractivity contribution in [1.82, 2.24) is 0 Å². The highest BCUT2D eigenvalue weighted by Crippen LogP contribution is 2.34. The second kappa shape index (κ2) is 7.07. The summed E-state index contributed by atoms with van der Waals surface area (Å²) in [6.45, 7) is 7.68. The van der Waals surface area contributed by atoms with Gasteiger partial charge in [-0.2, -0.15) is 0 Å². The average Bonchev–Trinajstić information content (AvgIpc) is 2.33. The van der Waals surface area contributed by atoms with Crippen LogP contribution in [0.25, 0.3) is 0 Å². The van der Waals surface area contributed by atoms with Crippen LogP contribution in [-0.4, -0.2) is 42.8 Å². The van der Waals surface area contributed by atoms with Gasteiger partial charge in [-0.25, -0.2) is 0 Å². The minimum Gasteiger partial charge on any atom is -0.457 e. The molecule has 0 aliphatic carbocycles. The molecule has 0 aromatic heterocycles. The lowest BCUT2D eigenvalue weighted by molar-refractivity contribution is -0.276. The number of aliphatic hydroxyl groups excluding tert-OH is 1. The van der Waals surface area contributed by atoms with E-state index >= 15 is 0 Å². The highest BCUT2D eigenvalue weighted by molar-refractivity contribution is 5.66. The average molecular weight is 260 g/mol. The number of carbonyl (C=O) groups excluding carboxylic acids is 1. The second-order valence-corrected chi connectivity index (χ2v) is 4.84. The fourth-order valence-corrected chi connectivity index (χ4v) is 2.38. The summed E-state index contributed by atoms with van der Waals surface area (Å²) in [7, 11) is 0. The van der Waals surface area contributed by atoms with Crippen molar-refractivity contribution in [2.75, 3.05) is 13.2 Å². The Bertz CT molecular complexity index is 268. The molecule has 5 nitrogen and oxygen atoms in total. The summed E-state index contributed by atoms with van der Waals surface area (Å²) in [6.07, 6.45) is -0.0170. The van der Waals surface area contributed by atoms with Gasteiger partial charge in [0.1, 0.15) is 0 Å². The standard InChI is InChI=1S/C13H24O5/c1-5-11-8(2)9(3)12(17-10(4)15)13(18-11)16-7-6-14/h8-9,11-14H,5-7H2,1-4H3/t8-,9-,11?,12?,13+/m0/s1. The van der Waals surface area contributed by atoms with E-state index in [0.29, 0.717) is 5.92 Å². The minimum absolute atomic E-state index is 0.0760. The lowest BCUT2D eigenvalue weighted by Crippen LogP contribution is -2.52. The maximum absolute atomic E-state index is 11.2. The van der Waals surface area contributed by atoms with Crippen molar-refractivity contribution < 1.29 is 24.1 Å². The van der Waals surface area contributed by atoms with Crippen LogP contribution in [0.15, 0.2) is 0 Å². The van der Waals surface area contributed by atoms with Crippen molar-refractivity contribution in [1.29, 1.82) is 0 Å². The van der Waals surface area contributed by atoms with Gasteiger partial charge in [-0.05, 0) is 12.3 Å². The molecule has 0 aromatic carbocycles. The van der Waals surface area contributed by atoms with Gasteiger partial charge in [0.15, 0.2) is 12.4 Å². The predicted molar refractivity (Wildman–Crippen MR) is 65.9 cm³/mol. The number of esters is 1. The van der Waals surface area contributed by atoms with Gasteiger partial charge in [0.05, 0.1) is 19.3 Å². The third-order valence-electron chi connectivity index (χ3n) is 3.59. The van der Waals surface area contributed by atoms with Crippen LogP contribution in [0, 0.1) is 11.8 Å². The number of hydrogen-bond donors (Lipinski definition) is 1.